The number of nitrogens with zero attached hydrogens (tertiary/aromatic N) is 1. The molecule has 0 aliphatic rings. The van der Waals surface area contributed by atoms with Crippen LogP contribution in [0.4, 0.5) is 11.4 Å². The van der Waals surface area contributed by atoms with E-state index < -0.39 is 28.4 Å². The van der Waals surface area contributed by atoms with Crippen molar-refractivity contribution in [1.82, 2.24) is 0 Å². The summed E-state index contributed by atoms with van der Waals surface area (Å²) in [5.74, 6) is -0.555. The van der Waals surface area contributed by atoms with Crippen LogP contribution in [0.2, 0.25) is 0 Å². The van der Waals surface area contributed by atoms with Crippen molar-refractivity contribution in [3.8, 4) is 11.5 Å². The number of rotatable bonds is 10. The molecule has 0 radical (unpaired) electrons. The molecule has 0 aliphatic heterocycles. The highest BCUT2D eigenvalue weighted by molar-refractivity contribution is 7.92. The molecule has 1 amide bonds. The van der Waals surface area contributed by atoms with Gasteiger partial charge in [0.2, 0.25) is 5.91 Å². The molecule has 0 bridgehead atoms. The Bertz CT molecular complexity index is 1290. The number of esters is 1. The van der Waals surface area contributed by atoms with Crippen molar-refractivity contribution < 1.29 is 32.2 Å². The van der Waals surface area contributed by atoms with Crippen molar-refractivity contribution in [3.05, 3.63) is 78.4 Å². The van der Waals surface area contributed by atoms with Crippen LogP contribution in [0.1, 0.15) is 17.3 Å². The molecular weight excluding hydrogens is 472 g/mol. The molecule has 0 unspecified atom stereocenters. The van der Waals surface area contributed by atoms with Crippen LogP contribution in [-0.2, 0) is 19.6 Å². The number of para-hydroxylation sites is 1. The zero-order valence-corrected chi connectivity index (χ0v) is 20.4. The highest BCUT2D eigenvalue weighted by Gasteiger charge is 2.28. The lowest BCUT2D eigenvalue weighted by atomic mass is 10.2. The van der Waals surface area contributed by atoms with Crippen LogP contribution in [0.3, 0.4) is 0 Å². The number of sulfonamides is 1. The SMILES string of the molecule is CCOC(=O)c1ccccc1NC(=O)CN(c1ccc(OC)c(OC)c1)S(=O)(=O)c1ccccc1. The third kappa shape index (κ3) is 5.90. The van der Waals surface area contributed by atoms with Crippen LogP contribution in [0.5, 0.6) is 11.5 Å². The Morgan fingerprint density at radius 3 is 2.20 bits per heavy atom. The number of carbonyl (C=O) groups is 2. The summed E-state index contributed by atoms with van der Waals surface area (Å²) < 4.78 is 43.6. The molecule has 0 aliphatic carbocycles. The van der Waals surface area contributed by atoms with E-state index in [2.05, 4.69) is 5.32 Å². The number of carbonyl (C=O) groups excluding carboxylic acids is 2. The monoisotopic (exact) mass is 498 g/mol. The predicted molar refractivity (Wildman–Crippen MR) is 132 cm³/mol. The summed E-state index contributed by atoms with van der Waals surface area (Å²) in [6.07, 6.45) is 0. The van der Waals surface area contributed by atoms with Gasteiger partial charge in [-0.15, -0.1) is 0 Å². The van der Waals surface area contributed by atoms with Gasteiger partial charge in [-0.05, 0) is 43.3 Å². The molecule has 0 spiro atoms. The third-order valence-corrected chi connectivity index (χ3v) is 6.76. The van der Waals surface area contributed by atoms with Crippen molar-refractivity contribution in [2.45, 2.75) is 11.8 Å². The molecule has 10 heteroatoms. The van der Waals surface area contributed by atoms with Crippen LogP contribution < -0.4 is 19.1 Å². The highest BCUT2D eigenvalue weighted by atomic mass is 32.2. The van der Waals surface area contributed by atoms with E-state index in [-0.39, 0.29) is 28.4 Å². The lowest BCUT2D eigenvalue weighted by molar-refractivity contribution is -0.114. The van der Waals surface area contributed by atoms with Crippen LogP contribution in [0.15, 0.2) is 77.7 Å². The standard InChI is InChI=1S/C25H26N2O7S/c1-4-34-25(29)20-12-8-9-13-21(20)26-24(28)17-27(35(30,31)19-10-6-5-7-11-19)18-14-15-22(32-2)23(16-18)33-3/h5-16H,4,17H2,1-3H3,(H,26,28). The fourth-order valence-corrected chi connectivity index (χ4v) is 4.75. The van der Waals surface area contributed by atoms with E-state index in [1.54, 1.807) is 43.3 Å². The molecule has 3 aromatic carbocycles. The number of ether oxygens (including phenoxy) is 3. The number of anilines is 2. The fraction of sp³-hybridized carbons (Fsp3) is 0.200. The Hall–Kier alpha value is -4.05. The lowest BCUT2D eigenvalue weighted by Crippen LogP contribution is -2.38. The first-order valence-electron chi connectivity index (χ1n) is 10.7. The Morgan fingerprint density at radius 1 is 0.886 bits per heavy atom. The second kappa shape index (κ2) is 11.4. The molecule has 0 saturated carbocycles. The van der Waals surface area contributed by atoms with Crippen molar-refractivity contribution >= 4 is 33.3 Å². The average Bonchev–Trinajstić information content (AvgIpc) is 2.87. The van der Waals surface area contributed by atoms with Crippen LogP contribution >= 0.6 is 0 Å². The number of nitrogens with one attached hydrogen (secondary N) is 1. The fourth-order valence-electron chi connectivity index (χ4n) is 3.31. The molecule has 0 atom stereocenters. The normalized spacial score (nSPS) is 10.8. The zero-order valence-electron chi connectivity index (χ0n) is 19.6. The summed E-state index contributed by atoms with van der Waals surface area (Å²) in [4.78, 5) is 25.3. The number of methoxy groups -OCH3 is 2. The largest absolute Gasteiger partial charge is 0.493 e. The molecular formula is C25H26N2O7S. The van der Waals surface area contributed by atoms with Gasteiger partial charge in [0.05, 0.1) is 42.7 Å². The molecule has 1 N–H and O–H groups in total. The quantitative estimate of drug-likeness (QED) is 0.424. The van der Waals surface area contributed by atoms with Gasteiger partial charge < -0.3 is 19.5 Å². The van der Waals surface area contributed by atoms with Gasteiger partial charge in [-0.1, -0.05) is 30.3 Å². The summed E-state index contributed by atoms with van der Waals surface area (Å²) in [5, 5.41) is 2.62. The van der Waals surface area contributed by atoms with Crippen LogP contribution in [0.25, 0.3) is 0 Å². The van der Waals surface area contributed by atoms with Crippen molar-refractivity contribution in [3.63, 3.8) is 0 Å². The minimum absolute atomic E-state index is 0.00880. The topological polar surface area (TPSA) is 111 Å². The molecule has 184 valence electrons. The molecule has 0 fully saturated rings. The Morgan fingerprint density at radius 2 is 1.54 bits per heavy atom. The summed E-state index contributed by atoms with van der Waals surface area (Å²) >= 11 is 0. The van der Waals surface area contributed by atoms with Crippen molar-refractivity contribution in [2.24, 2.45) is 0 Å². The van der Waals surface area contributed by atoms with E-state index in [0.717, 1.165) is 4.31 Å². The Balaban J connectivity index is 1.99. The van der Waals surface area contributed by atoms with Gasteiger partial charge in [-0.25, -0.2) is 13.2 Å². The number of hydrogen-bond acceptors (Lipinski definition) is 7. The van der Waals surface area contributed by atoms with Crippen molar-refractivity contribution in [1.29, 1.82) is 0 Å². The van der Waals surface area contributed by atoms with Gasteiger partial charge in [0.1, 0.15) is 6.54 Å². The second-order valence-electron chi connectivity index (χ2n) is 7.18. The summed E-state index contributed by atoms with van der Waals surface area (Å²) in [6, 6.07) is 18.6. The smallest absolute Gasteiger partial charge is 0.340 e. The van der Waals surface area contributed by atoms with E-state index >= 15 is 0 Å². The van der Waals surface area contributed by atoms with Gasteiger partial charge in [-0.3, -0.25) is 9.10 Å². The molecule has 3 aromatic rings. The van der Waals surface area contributed by atoms with Crippen molar-refractivity contribution in [2.75, 3.05) is 37.0 Å². The first-order chi connectivity index (χ1) is 16.8. The third-order valence-electron chi connectivity index (χ3n) is 4.97. The van der Waals surface area contributed by atoms with Crippen LogP contribution in [-0.4, -0.2) is 47.7 Å². The molecule has 35 heavy (non-hydrogen) atoms. The molecule has 0 heterocycles. The van der Waals surface area contributed by atoms with Crippen LogP contribution in [0, 0.1) is 0 Å². The molecule has 3 rings (SSSR count). The Kier molecular flexibility index (Phi) is 8.32. The first kappa shape index (κ1) is 25.6. The second-order valence-corrected chi connectivity index (χ2v) is 9.04. The lowest BCUT2D eigenvalue weighted by Gasteiger charge is -2.25. The number of hydrogen-bond donors (Lipinski definition) is 1. The summed E-state index contributed by atoms with van der Waals surface area (Å²) in [7, 11) is -1.25. The predicted octanol–water partition coefficient (Wildman–Crippen LogP) is 3.71. The summed E-state index contributed by atoms with van der Waals surface area (Å²) in [6.45, 7) is 1.28. The first-order valence-corrected chi connectivity index (χ1v) is 12.1. The molecule has 0 aromatic heterocycles. The maximum Gasteiger partial charge on any atom is 0.340 e. The van der Waals surface area contributed by atoms with E-state index in [1.807, 2.05) is 0 Å². The van der Waals surface area contributed by atoms with Gasteiger partial charge in [0, 0.05) is 6.07 Å². The minimum atomic E-state index is -4.14. The maximum atomic E-state index is 13.5. The highest BCUT2D eigenvalue weighted by Crippen LogP contribution is 2.33. The Labute approximate surface area is 204 Å². The molecule has 9 nitrogen and oxygen atoms in total. The number of amides is 1. The molecule has 0 saturated heterocycles. The van der Waals surface area contributed by atoms with Gasteiger partial charge >= 0.3 is 5.97 Å². The average molecular weight is 499 g/mol. The van der Waals surface area contributed by atoms with Gasteiger partial charge in [0.25, 0.3) is 10.0 Å². The van der Waals surface area contributed by atoms with E-state index in [4.69, 9.17) is 14.2 Å². The minimum Gasteiger partial charge on any atom is -0.493 e. The number of benzene rings is 3. The van der Waals surface area contributed by atoms with Gasteiger partial charge in [-0.2, -0.15) is 0 Å². The summed E-state index contributed by atoms with van der Waals surface area (Å²) in [5.41, 5.74) is 0.562. The zero-order chi connectivity index (χ0) is 25.4. The maximum absolute atomic E-state index is 13.5. The van der Waals surface area contributed by atoms with E-state index in [9.17, 15) is 18.0 Å². The van der Waals surface area contributed by atoms with E-state index in [1.165, 1.54) is 50.6 Å². The van der Waals surface area contributed by atoms with E-state index in [0.29, 0.717) is 11.5 Å². The van der Waals surface area contributed by atoms with Gasteiger partial charge in [0.15, 0.2) is 11.5 Å².